The number of primary sulfonamides is 1. The molecule has 1 fully saturated rings. The summed E-state index contributed by atoms with van der Waals surface area (Å²) in [6.45, 7) is 1.78. The van der Waals surface area contributed by atoms with E-state index in [0.717, 1.165) is 25.6 Å². The molecule has 1 unspecified atom stereocenters. The standard InChI is InChI=1S/C13H19N5O5S/c14-24(22,23)10-1-2-11(12(7-10)18(20)21)16-6-4-13(19)17-9-3-5-15-8-9/h1-2,7,9,15-16H,3-6,8H2,(H,17,19)(H2,14,22,23). The van der Waals surface area contributed by atoms with Crippen molar-refractivity contribution in [1.29, 1.82) is 0 Å². The van der Waals surface area contributed by atoms with E-state index in [2.05, 4.69) is 16.0 Å². The van der Waals surface area contributed by atoms with Crippen LogP contribution in [0.4, 0.5) is 11.4 Å². The van der Waals surface area contributed by atoms with E-state index in [-0.39, 0.29) is 35.5 Å². The number of hydrogen-bond donors (Lipinski definition) is 4. The van der Waals surface area contributed by atoms with Gasteiger partial charge in [-0.3, -0.25) is 14.9 Å². The predicted octanol–water partition coefficient (Wildman–Crippen LogP) is -0.478. The largest absolute Gasteiger partial charge is 0.379 e. The number of benzene rings is 1. The van der Waals surface area contributed by atoms with E-state index in [0.29, 0.717) is 0 Å². The van der Waals surface area contributed by atoms with Gasteiger partial charge in [-0.2, -0.15) is 0 Å². The van der Waals surface area contributed by atoms with Crippen LogP contribution in [-0.2, 0) is 14.8 Å². The number of amides is 1. The van der Waals surface area contributed by atoms with Gasteiger partial charge in [0.1, 0.15) is 5.69 Å². The summed E-state index contributed by atoms with van der Waals surface area (Å²) in [5.74, 6) is -0.153. The fourth-order valence-electron chi connectivity index (χ4n) is 2.38. The Hall–Kier alpha value is -2.24. The van der Waals surface area contributed by atoms with Crippen molar-refractivity contribution >= 4 is 27.3 Å². The molecule has 1 atom stereocenters. The first-order chi connectivity index (χ1) is 11.3. The second-order valence-corrected chi connectivity index (χ2v) is 6.98. The highest BCUT2D eigenvalue weighted by Gasteiger charge is 2.20. The number of sulfonamides is 1. The molecule has 0 radical (unpaired) electrons. The quantitative estimate of drug-likeness (QED) is 0.379. The van der Waals surface area contributed by atoms with Gasteiger partial charge >= 0.3 is 0 Å². The van der Waals surface area contributed by atoms with Gasteiger partial charge in [0, 0.05) is 31.6 Å². The van der Waals surface area contributed by atoms with Crippen molar-refractivity contribution in [3.8, 4) is 0 Å². The van der Waals surface area contributed by atoms with Crippen LogP contribution in [0.1, 0.15) is 12.8 Å². The van der Waals surface area contributed by atoms with Crippen LogP contribution in [0.25, 0.3) is 0 Å². The third-order valence-corrected chi connectivity index (χ3v) is 4.50. The van der Waals surface area contributed by atoms with Crippen LogP contribution in [0.3, 0.4) is 0 Å². The van der Waals surface area contributed by atoms with Gasteiger partial charge in [0.05, 0.1) is 9.82 Å². The number of nitro groups is 1. The first-order valence-electron chi connectivity index (χ1n) is 7.32. The molecule has 0 bridgehead atoms. The number of nitro benzene ring substituents is 1. The lowest BCUT2D eigenvalue weighted by Gasteiger charge is -2.12. The fourth-order valence-corrected chi connectivity index (χ4v) is 2.91. The molecule has 10 nitrogen and oxygen atoms in total. The highest BCUT2D eigenvalue weighted by Crippen LogP contribution is 2.27. The van der Waals surface area contributed by atoms with Gasteiger partial charge in [0.15, 0.2) is 0 Å². The van der Waals surface area contributed by atoms with Gasteiger partial charge in [0.2, 0.25) is 15.9 Å². The smallest absolute Gasteiger partial charge is 0.293 e. The molecule has 1 aliphatic heterocycles. The Morgan fingerprint density at radius 1 is 1.46 bits per heavy atom. The van der Waals surface area contributed by atoms with Gasteiger partial charge in [-0.15, -0.1) is 0 Å². The van der Waals surface area contributed by atoms with Gasteiger partial charge in [-0.1, -0.05) is 0 Å². The molecule has 1 aromatic rings. The van der Waals surface area contributed by atoms with Gasteiger partial charge in [-0.05, 0) is 25.1 Å². The minimum Gasteiger partial charge on any atom is -0.379 e. The third kappa shape index (κ3) is 4.88. The van der Waals surface area contributed by atoms with Crippen molar-refractivity contribution in [3.63, 3.8) is 0 Å². The molecule has 1 saturated heterocycles. The van der Waals surface area contributed by atoms with E-state index in [1.165, 1.54) is 12.1 Å². The molecule has 0 aliphatic carbocycles. The number of carbonyl (C=O) groups excluding carboxylic acids is 1. The summed E-state index contributed by atoms with van der Waals surface area (Å²) in [4.78, 5) is 21.8. The molecule has 132 valence electrons. The zero-order valence-electron chi connectivity index (χ0n) is 12.8. The maximum atomic E-state index is 11.8. The van der Waals surface area contributed by atoms with Crippen molar-refractivity contribution in [2.45, 2.75) is 23.8 Å². The van der Waals surface area contributed by atoms with E-state index < -0.39 is 20.6 Å². The Morgan fingerprint density at radius 3 is 2.79 bits per heavy atom. The first kappa shape index (κ1) is 18.1. The summed E-state index contributed by atoms with van der Waals surface area (Å²) in [6.07, 6.45) is 1.02. The SMILES string of the molecule is NS(=O)(=O)c1ccc(NCCC(=O)NC2CCNC2)c([N+](=O)[O-])c1. The second kappa shape index (κ2) is 7.55. The minimum atomic E-state index is -4.03. The monoisotopic (exact) mass is 357 g/mol. The number of carbonyl (C=O) groups is 1. The number of nitrogens with zero attached hydrogens (tertiary/aromatic N) is 1. The minimum absolute atomic E-state index is 0.112. The average Bonchev–Trinajstić information content (AvgIpc) is 2.99. The number of hydrogen-bond acceptors (Lipinski definition) is 7. The molecular weight excluding hydrogens is 338 g/mol. The second-order valence-electron chi connectivity index (χ2n) is 5.42. The molecule has 5 N–H and O–H groups in total. The highest BCUT2D eigenvalue weighted by molar-refractivity contribution is 7.89. The van der Waals surface area contributed by atoms with Gasteiger partial charge < -0.3 is 16.0 Å². The fraction of sp³-hybridized carbons (Fsp3) is 0.462. The van der Waals surface area contributed by atoms with Crippen molar-refractivity contribution in [2.24, 2.45) is 5.14 Å². The zero-order chi connectivity index (χ0) is 17.7. The lowest BCUT2D eigenvalue weighted by molar-refractivity contribution is -0.384. The van der Waals surface area contributed by atoms with E-state index >= 15 is 0 Å². The van der Waals surface area contributed by atoms with Crippen molar-refractivity contribution in [3.05, 3.63) is 28.3 Å². The number of nitrogens with one attached hydrogen (secondary N) is 3. The molecule has 1 aliphatic rings. The molecule has 1 aromatic carbocycles. The van der Waals surface area contributed by atoms with Crippen LogP contribution < -0.4 is 21.1 Å². The van der Waals surface area contributed by atoms with Crippen LogP contribution in [-0.4, -0.2) is 44.9 Å². The average molecular weight is 357 g/mol. The summed E-state index contributed by atoms with van der Waals surface area (Å²) >= 11 is 0. The van der Waals surface area contributed by atoms with Crippen molar-refractivity contribution < 1.29 is 18.1 Å². The molecule has 24 heavy (non-hydrogen) atoms. The van der Waals surface area contributed by atoms with E-state index in [1.807, 2.05) is 0 Å². The molecule has 1 heterocycles. The lowest BCUT2D eigenvalue weighted by Crippen LogP contribution is -2.36. The maximum absolute atomic E-state index is 11.8. The molecule has 1 amide bonds. The van der Waals surface area contributed by atoms with Crippen LogP contribution in [0, 0.1) is 10.1 Å². The van der Waals surface area contributed by atoms with Crippen LogP contribution in [0.2, 0.25) is 0 Å². The van der Waals surface area contributed by atoms with Crippen LogP contribution in [0.15, 0.2) is 23.1 Å². The molecule has 0 saturated carbocycles. The Labute approximate surface area is 139 Å². The summed E-state index contributed by atoms with van der Waals surface area (Å²) < 4.78 is 22.5. The van der Waals surface area contributed by atoms with E-state index in [9.17, 15) is 23.3 Å². The van der Waals surface area contributed by atoms with E-state index in [4.69, 9.17) is 5.14 Å². The number of rotatable bonds is 7. The third-order valence-electron chi connectivity index (χ3n) is 3.59. The Balaban J connectivity index is 1.96. The first-order valence-corrected chi connectivity index (χ1v) is 8.87. The van der Waals surface area contributed by atoms with Crippen molar-refractivity contribution in [1.82, 2.24) is 10.6 Å². The summed E-state index contributed by atoms with van der Waals surface area (Å²) in [7, 11) is -4.03. The summed E-state index contributed by atoms with van der Waals surface area (Å²) in [6, 6.07) is 3.44. The Kier molecular flexibility index (Phi) is 5.70. The molecule has 2 rings (SSSR count). The Bertz CT molecular complexity index is 730. The van der Waals surface area contributed by atoms with Gasteiger partial charge in [-0.25, -0.2) is 13.6 Å². The predicted molar refractivity (Wildman–Crippen MR) is 87.0 cm³/mol. The number of anilines is 1. The molecule has 0 spiro atoms. The topological polar surface area (TPSA) is 156 Å². The van der Waals surface area contributed by atoms with Crippen LogP contribution in [0.5, 0.6) is 0 Å². The Morgan fingerprint density at radius 2 is 2.21 bits per heavy atom. The van der Waals surface area contributed by atoms with Crippen LogP contribution >= 0.6 is 0 Å². The summed E-state index contributed by atoms with van der Waals surface area (Å²) in [5, 5.41) is 24.8. The number of nitrogens with two attached hydrogens (primary N) is 1. The highest BCUT2D eigenvalue weighted by atomic mass is 32.2. The molecular formula is C13H19N5O5S. The molecule has 11 heteroatoms. The maximum Gasteiger partial charge on any atom is 0.293 e. The van der Waals surface area contributed by atoms with E-state index in [1.54, 1.807) is 0 Å². The summed E-state index contributed by atoms with van der Waals surface area (Å²) in [5.41, 5.74) is -0.287. The van der Waals surface area contributed by atoms with Crippen molar-refractivity contribution in [2.75, 3.05) is 25.0 Å². The molecule has 0 aromatic heterocycles. The van der Waals surface area contributed by atoms with Gasteiger partial charge in [0.25, 0.3) is 5.69 Å². The zero-order valence-corrected chi connectivity index (χ0v) is 13.6. The lowest BCUT2D eigenvalue weighted by atomic mass is 10.2. The normalized spacial score (nSPS) is 17.5.